The van der Waals surface area contributed by atoms with Gasteiger partial charge in [-0.3, -0.25) is 4.79 Å². The number of hydrogen-bond acceptors (Lipinski definition) is 1. The molecular weight excluding hydrogens is 198 g/mol. The van der Waals surface area contributed by atoms with Gasteiger partial charge in [0.1, 0.15) is 0 Å². The minimum Gasteiger partial charge on any atom is -0.338 e. The summed E-state index contributed by atoms with van der Waals surface area (Å²) in [7, 11) is 0. The SMILES string of the molecule is CC(C)c1ccc(CN2CCCC2=O)cc1. The average Bonchev–Trinajstić information content (AvgIpc) is 2.65. The van der Waals surface area contributed by atoms with E-state index in [4.69, 9.17) is 0 Å². The molecule has 86 valence electrons. The van der Waals surface area contributed by atoms with Crippen LogP contribution in [-0.2, 0) is 11.3 Å². The highest BCUT2D eigenvalue weighted by Crippen LogP contribution is 2.17. The van der Waals surface area contributed by atoms with Gasteiger partial charge in [0.15, 0.2) is 0 Å². The van der Waals surface area contributed by atoms with Crippen molar-refractivity contribution in [3.05, 3.63) is 35.4 Å². The van der Waals surface area contributed by atoms with Crippen LogP contribution in [0.25, 0.3) is 0 Å². The fraction of sp³-hybridized carbons (Fsp3) is 0.500. The van der Waals surface area contributed by atoms with Crippen LogP contribution in [0.15, 0.2) is 24.3 Å². The third kappa shape index (κ3) is 2.43. The van der Waals surface area contributed by atoms with Crippen molar-refractivity contribution >= 4 is 5.91 Å². The predicted octanol–water partition coefficient (Wildman–Crippen LogP) is 2.93. The molecule has 1 fully saturated rings. The molecule has 1 aromatic carbocycles. The van der Waals surface area contributed by atoms with Gasteiger partial charge in [-0.05, 0) is 23.5 Å². The van der Waals surface area contributed by atoms with Gasteiger partial charge < -0.3 is 4.90 Å². The Balaban J connectivity index is 2.02. The van der Waals surface area contributed by atoms with Crippen molar-refractivity contribution in [2.45, 2.75) is 39.2 Å². The minimum atomic E-state index is 0.299. The zero-order valence-electron chi connectivity index (χ0n) is 10.1. The summed E-state index contributed by atoms with van der Waals surface area (Å²) >= 11 is 0. The molecule has 1 aliphatic rings. The summed E-state index contributed by atoms with van der Waals surface area (Å²) in [5, 5.41) is 0. The van der Waals surface area contributed by atoms with Gasteiger partial charge >= 0.3 is 0 Å². The molecule has 16 heavy (non-hydrogen) atoms. The normalized spacial score (nSPS) is 16.2. The van der Waals surface area contributed by atoms with Crippen molar-refractivity contribution < 1.29 is 4.79 Å². The van der Waals surface area contributed by atoms with Crippen LogP contribution in [-0.4, -0.2) is 17.4 Å². The molecule has 0 spiro atoms. The third-order valence-electron chi connectivity index (χ3n) is 3.19. The number of rotatable bonds is 3. The van der Waals surface area contributed by atoms with Crippen LogP contribution in [0.1, 0.15) is 43.7 Å². The Kier molecular flexibility index (Phi) is 3.28. The molecule has 0 saturated carbocycles. The first-order chi connectivity index (χ1) is 7.66. The van der Waals surface area contributed by atoms with E-state index in [9.17, 15) is 4.79 Å². The van der Waals surface area contributed by atoms with Crippen LogP contribution in [0, 0.1) is 0 Å². The molecule has 0 aromatic heterocycles. The lowest BCUT2D eigenvalue weighted by atomic mass is 10.0. The topological polar surface area (TPSA) is 20.3 Å². The molecule has 1 saturated heterocycles. The molecular formula is C14H19NO. The smallest absolute Gasteiger partial charge is 0.222 e. The number of benzene rings is 1. The molecule has 2 heteroatoms. The quantitative estimate of drug-likeness (QED) is 0.762. The lowest BCUT2D eigenvalue weighted by Crippen LogP contribution is -2.23. The van der Waals surface area contributed by atoms with Crippen LogP contribution >= 0.6 is 0 Å². The molecule has 1 aromatic rings. The molecule has 1 aliphatic heterocycles. The van der Waals surface area contributed by atoms with Gasteiger partial charge in [-0.1, -0.05) is 38.1 Å². The lowest BCUT2D eigenvalue weighted by Gasteiger charge is -2.16. The van der Waals surface area contributed by atoms with Crippen LogP contribution in [0.4, 0.5) is 0 Å². The van der Waals surface area contributed by atoms with Crippen molar-refractivity contribution in [3.63, 3.8) is 0 Å². The zero-order chi connectivity index (χ0) is 11.5. The highest BCUT2D eigenvalue weighted by Gasteiger charge is 2.19. The van der Waals surface area contributed by atoms with Gasteiger partial charge in [0.05, 0.1) is 0 Å². The first-order valence-electron chi connectivity index (χ1n) is 6.03. The molecule has 2 nitrogen and oxygen atoms in total. The second kappa shape index (κ2) is 4.69. The molecule has 0 N–H and O–H groups in total. The largest absolute Gasteiger partial charge is 0.338 e. The number of carbonyl (C=O) groups is 1. The van der Waals surface area contributed by atoms with Gasteiger partial charge in [0, 0.05) is 19.5 Å². The molecule has 1 heterocycles. The second-order valence-electron chi connectivity index (χ2n) is 4.82. The summed E-state index contributed by atoms with van der Waals surface area (Å²) < 4.78 is 0. The minimum absolute atomic E-state index is 0.299. The molecule has 0 radical (unpaired) electrons. The van der Waals surface area contributed by atoms with E-state index in [0.29, 0.717) is 11.8 Å². The maximum Gasteiger partial charge on any atom is 0.222 e. The van der Waals surface area contributed by atoms with Crippen LogP contribution in [0.2, 0.25) is 0 Å². The van der Waals surface area contributed by atoms with Crippen LogP contribution in [0.5, 0.6) is 0 Å². The number of carbonyl (C=O) groups excluding carboxylic acids is 1. The Hall–Kier alpha value is -1.31. The predicted molar refractivity (Wildman–Crippen MR) is 65.2 cm³/mol. The van der Waals surface area contributed by atoms with Crippen molar-refractivity contribution in [3.8, 4) is 0 Å². The van der Waals surface area contributed by atoms with Crippen molar-refractivity contribution in [2.24, 2.45) is 0 Å². The lowest BCUT2D eigenvalue weighted by molar-refractivity contribution is -0.128. The summed E-state index contributed by atoms with van der Waals surface area (Å²) in [6, 6.07) is 8.61. The second-order valence-corrected chi connectivity index (χ2v) is 4.82. The highest BCUT2D eigenvalue weighted by atomic mass is 16.2. The summed E-state index contributed by atoms with van der Waals surface area (Å²) in [6.07, 6.45) is 1.74. The fourth-order valence-corrected chi connectivity index (χ4v) is 2.10. The van der Waals surface area contributed by atoms with Crippen LogP contribution < -0.4 is 0 Å². The summed E-state index contributed by atoms with van der Waals surface area (Å²) in [4.78, 5) is 13.4. The number of hydrogen-bond donors (Lipinski definition) is 0. The molecule has 0 aliphatic carbocycles. The van der Waals surface area contributed by atoms with Gasteiger partial charge in [-0.15, -0.1) is 0 Å². The first kappa shape index (κ1) is 11.2. The van der Waals surface area contributed by atoms with Gasteiger partial charge in [-0.2, -0.15) is 0 Å². The van der Waals surface area contributed by atoms with Gasteiger partial charge in [-0.25, -0.2) is 0 Å². The maximum atomic E-state index is 11.5. The van der Waals surface area contributed by atoms with Crippen molar-refractivity contribution in [1.82, 2.24) is 4.90 Å². The number of nitrogens with zero attached hydrogens (tertiary/aromatic N) is 1. The van der Waals surface area contributed by atoms with E-state index in [1.807, 2.05) is 4.90 Å². The van der Waals surface area contributed by atoms with E-state index >= 15 is 0 Å². The first-order valence-corrected chi connectivity index (χ1v) is 6.03. The maximum absolute atomic E-state index is 11.5. The summed E-state index contributed by atoms with van der Waals surface area (Å²) in [5.74, 6) is 0.871. The highest BCUT2D eigenvalue weighted by molar-refractivity contribution is 5.78. The molecule has 2 rings (SSSR count). The Labute approximate surface area is 97.3 Å². The average molecular weight is 217 g/mol. The van der Waals surface area contributed by atoms with Crippen LogP contribution in [0.3, 0.4) is 0 Å². The number of likely N-dealkylation sites (tertiary alicyclic amines) is 1. The van der Waals surface area contributed by atoms with E-state index in [0.717, 1.165) is 25.9 Å². The Morgan fingerprint density at radius 2 is 1.94 bits per heavy atom. The van der Waals surface area contributed by atoms with E-state index in [1.54, 1.807) is 0 Å². The van der Waals surface area contributed by atoms with Gasteiger partial charge in [0.25, 0.3) is 0 Å². The van der Waals surface area contributed by atoms with E-state index < -0.39 is 0 Å². The van der Waals surface area contributed by atoms with E-state index in [1.165, 1.54) is 11.1 Å². The number of amides is 1. The standard InChI is InChI=1S/C14H19NO/c1-11(2)13-7-5-12(6-8-13)10-15-9-3-4-14(15)16/h5-8,11H,3-4,9-10H2,1-2H3. The third-order valence-corrected chi connectivity index (χ3v) is 3.19. The van der Waals surface area contributed by atoms with Gasteiger partial charge in [0.2, 0.25) is 5.91 Å². The van der Waals surface area contributed by atoms with Crippen molar-refractivity contribution in [1.29, 1.82) is 0 Å². The fourth-order valence-electron chi connectivity index (χ4n) is 2.10. The molecule has 0 bridgehead atoms. The van der Waals surface area contributed by atoms with E-state index in [-0.39, 0.29) is 0 Å². The summed E-state index contributed by atoms with van der Waals surface area (Å²) in [5.41, 5.74) is 2.59. The summed E-state index contributed by atoms with van der Waals surface area (Å²) in [6.45, 7) is 6.08. The van der Waals surface area contributed by atoms with E-state index in [2.05, 4.69) is 38.1 Å². The van der Waals surface area contributed by atoms with Crippen molar-refractivity contribution in [2.75, 3.05) is 6.54 Å². The molecule has 0 unspecified atom stereocenters. The Morgan fingerprint density at radius 1 is 1.25 bits per heavy atom. The Morgan fingerprint density at radius 3 is 2.44 bits per heavy atom. The Bertz CT molecular complexity index is 367. The molecule has 0 atom stereocenters. The monoisotopic (exact) mass is 217 g/mol. The molecule has 1 amide bonds. The zero-order valence-corrected chi connectivity index (χ0v) is 10.1.